The molecule has 0 aromatic carbocycles. The van der Waals surface area contributed by atoms with Crippen molar-refractivity contribution in [2.24, 2.45) is 0 Å². The number of allylic oxidation sites excluding steroid dienone is 28. The molecular formula is C75H118O6. The Bertz CT molecular complexity index is 1860. The van der Waals surface area contributed by atoms with Crippen LogP contribution in [-0.2, 0) is 28.6 Å². The number of carbonyl (C=O) groups is 3. The van der Waals surface area contributed by atoms with Gasteiger partial charge in [-0.3, -0.25) is 14.4 Å². The molecule has 0 aliphatic carbocycles. The van der Waals surface area contributed by atoms with Gasteiger partial charge < -0.3 is 14.2 Å². The van der Waals surface area contributed by atoms with Crippen LogP contribution in [0.1, 0.15) is 265 Å². The molecule has 81 heavy (non-hydrogen) atoms. The molecular weight excluding hydrogens is 997 g/mol. The van der Waals surface area contributed by atoms with Crippen molar-refractivity contribution in [2.75, 3.05) is 13.2 Å². The third kappa shape index (κ3) is 65.5. The molecule has 0 aromatic rings. The van der Waals surface area contributed by atoms with E-state index in [0.717, 1.165) is 186 Å². The first-order valence-corrected chi connectivity index (χ1v) is 32.6. The van der Waals surface area contributed by atoms with Crippen molar-refractivity contribution in [1.29, 1.82) is 0 Å². The molecule has 1 unspecified atom stereocenters. The van der Waals surface area contributed by atoms with Crippen LogP contribution in [0.4, 0.5) is 0 Å². The van der Waals surface area contributed by atoms with Crippen molar-refractivity contribution < 1.29 is 28.6 Å². The average Bonchev–Trinajstić information content (AvgIpc) is 3.46. The molecule has 0 rings (SSSR count). The van der Waals surface area contributed by atoms with E-state index in [9.17, 15) is 14.4 Å². The maximum absolute atomic E-state index is 12.9. The zero-order valence-electron chi connectivity index (χ0n) is 52.0. The molecule has 454 valence electrons. The second-order valence-corrected chi connectivity index (χ2v) is 20.9. The molecule has 0 amide bonds. The molecule has 0 saturated heterocycles. The van der Waals surface area contributed by atoms with E-state index in [2.05, 4.69) is 191 Å². The number of esters is 3. The molecule has 0 aliphatic heterocycles. The van der Waals surface area contributed by atoms with Gasteiger partial charge in [-0.15, -0.1) is 0 Å². The van der Waals surface area contributed by atoms with Crippen molar-refractivity contribution >= 4 is 17.9 Å². The summed E-state index contributed by atoms with van der Waals surface area (Å²) in [5.74, 6) is -0.962. The van der Waals surface area contributed by atoms with Gasteiger partial charge in [0, 0.05) is 19.3 Å². The monoisotopic (exact) mass is 1110 g/mol. The third-order valence-corrected chi connectivity index (χ3v) is 13.2. The van der Waals surface area contributed by atoms with Gasteiger partial charge in [-0.25, -0.2) is 0 Å². The molecule has 0 spiro atoms. The molecule has 6 heteroatoms. The Hall–Kier alpha value is -5.23. The van der Waals surface area contributed by atoms with Crippen LogP contribution in [0.25, 0.3) is 0 Å². The Morgan fingerprint density at radius 3 is 0.765 bits per heavy atom. The fourth-order valence-corrected chi connectivity index (χ4v) is 8.36. The quantitative estimate of drug-likeness (QED) is 0.0261. The maximum Gasteiger partial charge on any atom is 0.306 e. The van der Waals surface area contributed by atoms with E-state index in [1.807, 2.05) is 0 Å². The van der Waals surface area contributed by atoms with Gasteiger partial charge in [0.1, 0.15) is 13.2 Å². The Balaban J connectivity index is 4.38. The van der Waals surface area contributed by atoms with Crippen LogP contribution in [0, 0.1) is 0 Å². The Morgan fingerprint density at radius 2 is 0.481 bits per heavy atom. The molecule has 0 N–H and O–H groups in total. The van der Waals surface area contributed by atoms with Gasteiger partial charge >= 0.3 is 17.9 Å². The highest BCUT2D eigenvalue weighted by molar-refractivity contribution is 5.71. The Kier molecular flexibility index (Phi) is 62.9. The number of unbranched alkanes of at least 4 members (excludes halogenated alkanes) is 18. The van der Waals surface area contributed by atoms with Crippen LogP contribution >= 0.6 is 0 Å². The van der Waals surface area contributed by atoms with Gasteiger partial charge in [0.25, 0.3) is 0 Å². The topological polar surface area (TPSA) is 78.9 Å². The normalized spacial score (nSPS) is 13.3. The fourth-order valence-electron chi connectivity index (χ4n) is 8.36. The summed E-state index contributed by atoms with van der Waals surface area (Å²) in [7, 11) is 0. The van der Waals surface area contributed by atoms with Gasteiger partial charge in [-0.2, -0.15) is 0 Å². The van der Waals surface area contributed by atoms with Crippen molar-refractivity contribution in [3.8, 4) is 0 Å². The molecule has 0 aliphatic rings. The van der Waals surface area contributed by atoms with Crippen LogP contribution in [0.3, 0.4) is 0 Å². The van der Waals surface area contributed by atoms with Crippen molar-refractivity contribution in [3.05, 3.63) is 170 Å². The lowest BCUT2D eigenvalue weighted by atomic mass is 10.1. The average molecular weight is 1120 g/mol. The van der Waals surface area contributed by atoms with Gasteiger partial charge in [0.15, 0.2) is 6.10 Å². The van der Waals surface area contributed by atoms with Gasteiger partial charge in [0.2, 0.25) is 0 Å². The van der Waals surface area contributed by atoms with E-state index < -0.39 is 6.10 Å². The third-order valence-electron chi connectivity index (χ3n) is 13.2. The molecule has 0 bridgehead atoms. The standard InChI is InChI=1S/C75H118O6/c1-4-7-10-13-16-19-22-25-27-29-30-31-32-33-34-35-36-37-38-39-40-41-42-43-44-46-47-50-53-56-59-62-65-68-74(77)80-71-72(70-79-73(76)67-64-61-58-55-52-49-24-21-18-15-12-9-6-3)81-75(78)69-66-63-60-57-54-51-48-45-28-26-23-20-17-14-11-8-5-2/h7-8,10-11,16-17,19-21,24-28,30-31,33-34,36-37,39-40,42-43,46-48,51,72H,4-6,9,12-15,18,22-23,29,32,35,38,41,44-45,49-50,52-71H2,1-3H3/b10-7-,11-8-,19-16-,20-17-,24-21-,27-25-,28-26-,31-30-,34-33-,37-36-,40-39-,43-42-,47-46-,51-48-. The highest BCUT2D eigenvalue weighted by Crippen LogP contribution is 2.13. The predicted molar refractivity (Wildman–Crippen MR) is 352 cm³/mol. The Morgan fingerprint density at radius 1 is 0.259 bits per heavy atom. The first-order chi connectivity index (χ1) is 40.0. The number of hydrogen-bond donors (Lipinski definition) is 0. The lowest BCUT2D eigenvalue weighted by Crippen LogP contribution is -2.30. The first-order valence-electron chi connectivity index (χ1n) is 32.6. The van der Waals surface area contributed by atoms with Crippen molar-refractivity contribution in [3.63, 3.8) is 0 Å². The van der Waals surface area contributed by atoms with Crippen LogP contribution in [0.2, 0.25) is 0 Å². The summed E-state index contributed by atoms with van der Waals surface area (Å²) in [6.07, 6.45) is 99.3. The molecule has 1 atom stereocenters. The SMILES string of the molecule is CC/C=C\C/C=C\C/C=C\C/C=C\C/C=C\C/C=C\C/C=C\C/C=C\C/C=C\CCCCCCCC(=O)OCC(COC(=O)CCCCCCC/C=C\CCCCCC)OC(=O)CCCCCC/C=C\C/C=C\C/C=C\C/C=C\CC. The van der Waals surface area contributed by atoms with E-state index in [1.165, 1.54) is 38.5 Å². The maximum atomic E-state index is 12.9. The summed E-state index contributed by atoms with van der Waals surface area (Å²) in [6, 6.07) is 0. The van der Waals surface area contributed by atoms with Crippen LogP contribution < -0.4 is 0 Å². The summed E-state index contributed by atoms with van der Waals surface area (Å²) in [4.78, 5) is 38.3. The van der Waals surface area contributed by atoms with Gasteiger partial charge in [-0.1, -0.05) is 262 Å². The van der Waals surface area contributed by atoms with Crippen LogP contribution in [0.15, 0.2) is 170 Å². The Labute approximate surface area is 498 Å². The summed E-state index contributed by atoms with van der Waals surface area (Å²) in [5.41, 5.74) is 0. The number of rotatable bonds is 57. The highest BCUT2D eigenvalue weighted by Gasteiger charge is 2.19. The van der Waals surface area contributed by atoms with Gasteiger partial charge in [-0.05, 0) is 154 Å². The summed E-state index contributed by atoms with van der Waals surface area (Å²) in [5, 5.41) is 0. The minimum Gasteiger partial charge on any atom is -0.462 e. The van der Waals surface area contributed by atoms with Crippen molar-refractivity contribution in [1.82, 2.24) is 0 Å². The summed E-state index contributed by atoms with van der Waals surface area (Å²) in [6.45, 7) is 6.34. The van der Waals surface area contributed by atoms with Crippen molar-refractivity contribution in [2.45, 2.75) is 271 Å². The molecule has 0 saturated carbocycles. The number of ether oxygens (including phenoxy) is 3. The number of hydrogen-bond acceptors (Lipinski definition) is 6. The highest BCUT2D eigenvalue weighted by atomic mass is 16.6. The summed E-state index contributed by atoms with van der Waals surface area (Å²) >= 11 is 0. The number of carbonyl (C=O) groups excluding carboxylic acids is 3. The fraction of sp³-hybridized carbons (Fsp3) is 0.587. The van der Waals surface area contributed by atoms with E-state index in [1.54, 1.807) is 0 Å². The first kappa shape index (κ1) is 75.8. The van der Waals surface area contributed by atoms with E-state index in [-0.39, 0.29) is 37.5 Å². The van der Waals surface area contributed by atoms with E-state index in [0.29, 0.717) is 12.8 Å². The molecule has 0 fully saturated rings. The molecule has 0 aromatic heterocycles. The predicted octanol–water partition coefficient (Wildman–Crippen LogP) is 22.7. The van der Waals surface area contributed by atoms with Crippen LogP contribution in [-0.4, -0.2) is 37.2 Å². The van der Waals surface area contributed by atoms with E-state index >= 15 is 0 Å². The second kappa shape index (κ2) is 67.3. The lowest BCUT2D eigenvalue weighted by molar-refractivity contribution is -0.167. The zero-order chi connectivity index (χ0) is 58.5. The lowest BCUT2D eigenvalue weighted by Gasteiger charge is -2.18. The minimum absolute atomic E-state index is 0.105. The van der Waals surface area contributed by atoms with Crippen LogP contribution in [0.5, 0.6) is 0 Å². The molecule has 6 nitrogen and oxygen atoms in total. The minimum atomic E-state index is -0.812. The largest absolute Gasteiger partial charge is 0.462 e. The second-order valence-electron chi connectivity index (χ2n) is 20.9. The van der Waals surface area contributed by atoms with Gasteiger partial charge in [0.05, 0.1) is 0 Å². The molecule has 0 radical (unpaired) electrons. The van der Waals surface area contributed by atoms with E-state index in [4.69, 9.17) is 14.2 Å². The zero-order valence-corrected chi connectivity index (χ0v) is 52.0. The smallest absolute Gasteiger partial charge is 0.306 e. The molecule has 0 heterocycles. The summed E-state index contributed by atoms with van der Waals surface area (Å²) < 4.78 is 16.9.